The van der Waals surface area contributed by atoms with E-state index in [2.05, 4.69) is 13.8 Å². The van der Waals surface area contributed by atoms with E-state index in [1.807, 2.05) is 31.1 Å². The van der Waals surface area contributed by atoms with E-state index < -0.39 is 0 Å². The number of nitrogens with zero attached hydrogens (tertiary/aromatic N) is 1. The summed E-state index contributed by atoms with van der Waals surface area (Å²) in [5.74, 6) is 0.736. The molecule has 1 N–H and O–H groups in total. The normalized spacial score (nSPS) is 10.5. The lowest BCUT2D eigenvalue weighted by Gasteiger charge is -2.20. The second-order valence-corrected chi connectivity index (χ2v) is 3.76. The minimum atomic E-state index is 0.346. The van der Waals surface area contributed by atoms with Gasteiger partial charge in [0.15, 0.2) is 0 Å². The molecule has 0 aliphatic carbocycles. The largest absolute Gasteiger partial charge is 0.508 e. The van der Waals surface area contributed by atoms with E-state index in [-0.39, 0.29) is 0 Å². The molecule has 1 aromatic carbocycles. The van der Waals surface area contributed by atoms with E-state index in [0.717, 1.165) is 11.3 Å². The van der Waals surface area contributed by atoms with Crippen molar-refractivity contribution < 1.29 is 5.11 Å². The van der Waals surface area contributed by atoms with Gasteiger partial charge in [0.1, 0.15) is 5.75 Å². The SMILES string of the molecule is CC(C)c1c(O)cccc1N(C)C. The molecule has 1 rings (SSSR count). The number of rotatable bonds is 2. The Kier molecular flexibility index (Phi) is 2.81. The van der Waals surface area contributed by atoms with Gasteiger partial charge in [-0.25, -0.2) is 0 Å². The molecule has 1 aromatic rings. The van der Waals surface area contributed by atoms with Crippen LogP contribution in [0, 0.1) is 0 Å². The highest BCUT2D eigenvalue weighted by Gasteiger charge is 2.11. The van der Waals surface area contributed by atoms with Crippen molar-refractivity contribution in [1.29, 1.82) is 0 Å². The van der Waals surface area contributed by atoms with Gasteiger partial charge in [0.25, 0.3) is 0 Å². The molecular formula is C11H17NO. The molecule has 0 saturated heterocycles. The predicted molar refractivity (Wildman–Crippen MR) is 56.5 cm³/mol. The van der Waals surface area contributed by atoms with Crippen molar-refractivity contribution in [2.45, 2.75) is 19.8 Å². The zero-order valence-corrected chi connectivity index (χ0v) is 8.70. The summed E-state index contributed by atoms with van der Waals surface area (Å²) in [5, 5.41) is 9.68. The fourth-order valence-corrected chi connectivity index (χ4v) is 1.52. The molecule has 0 aliphatic heterocycles. The van der Waals surface area contributed by atoms with Gasteiger partial charge in [0, 0.05) is 25.3 Å². The summed E-state index contributed by atoms with van der Waals surface area (Å²) in [7, 11) is 3.97. The van der Waals surface area contributed by atoms with Crippen LogP contribution >= 0.6 is 0 Å². The van der Waals surface area contributed by atoms with Crippen molar-refractivity contribution in [3.63, 3.8) is 0 Å². The summed E-state index contributed by atoms with van der Waals surface area (Å²) in [6.45, 7) is 4.17. The lowest BCUT2D eigenvalue weighted by atomic mass is 9.99. The number of anilines is 1. The topological polar surface area (TPSA) is 23.5 Å². The Morgan fingerprint density at radius 3 is 2.23 bits per heavy atom. The van der Waals surface area contributed by atoms with E-state index in [1.54, 1.807) is 6.07 Å². The van der Waals surface area contributed by atoms with Gasteiger partial charge < -0.3 is 10.0 Å². The minimum absolute atomic E-state index is 0.346. The van der Waals surface area contributed by atoms with Crippen LogP contribution in [0.2, 0.25) is 0 Å². The molecule has 0 heterocycles. The molecule has 0 amide bonds. The lowest BCUT2D eigenvalue weighted by Crippen LogP contribution is -2.11. The van der Waals surface area contributed by atoms with Gasteiger partial charge in [-0.05, 0) is 18.1 Å². The van der Waals surface area contributed by atoms with Crippen LogP contribution in [0.3, 0.4) is 0 Å². The summed E-state index contributed by atoms with van der Waals surface area (Å²) >= 11 is 0. The maximum atomic E-state index is 9.68. The third-order valence-electron chi connectivity index (χ3n) is 2.12. The fourth-order valence-electron chi connectivity index (χ4n) is 1.52. The number of phenols is 1. The summed E-state index contributed by atoms with van der Waals surface area (Å²) in [6.07, 6.45) is 0. The van der Waals surface area contributed by atoms with Crippen LogP contribution in [0.5, 0.6) is 5.75 Å². The molecule has 2 nitrogen and oxygen atoms in total. The Balaban J connectivity index is 3.26. The molecule has 0 fully saturated rings. The average molecular weight is 179 g/mol. The van der Waals surface area contributed by atoms with Crippen LogP contribution < -0.4 is 4.90 Å². The molecule has 0 aliphatic rings. The van der Waals surface area contributed by atoms with Gasteiger partial charge in [-0.15, -0.1) is 0 Å². The van der Waals surface area contributed by atoms with Crippen LogP contribution in [0.1, 0.15) is 25.3 Å². The Morgan fingerprint density at radius 1 is 1.23 bits per heavy atom. The van der Waals surface area contributed by atoms with Crippen LogP contribution in [-0.2, 0) is 0 Å². The Bertz CT molecular complexity index is 292. The van der Waals surface area contributed by atoms with Gasteiger partial charge in [0.05, 0.1) is 0 Å². The van der Waals surface area contributed by atoms with Crippen LogP contribution in [0.25, 0.3) is 0 Å². The molecular weight excluding hydrogens is 162 g/mol. The third-order valence-corrected chi connectivity index (χ3v) is 2.12. The van der Waals surface area contributed by atoms with Crippen molar-refractivity contribution in [2.24, 2.45) is 0 Å². The van der Waals surface area contributed by atoms with Crippen LogP contribution in [0.15, 0.2) is 18.2 Å². The fraction of sp³-hybridized carbons (Fsp3) is 0.455. The molecule has 0 bridgehead atoms. The molecule has 0 radical (unpaired) electrons. The number of hydrogen-bond donors (Lipinski definition) is 1. The molecule has 0 spiro atoms. The van der Waals surface area contributed by atoms with Gasteiger partial charge >= 0.3 is 0 Å². The molecule has 0 unspecified atom stereocenters. The predicted octanol–water partition coefficient (Wildman–Crippen LogP) is 2.58. The van der Waals surface area contributed by atoms with Gasteiger partial charge in [0.2, 0.25) is 0 Å². The number of benzene rings is 1. The summed E-state index contributed by atoms with van der Waals surface area (Å²) in [5.41, 5.74) is 2.11. The Labute approximate surface area is 79.8 Å². The van der Waals surface area contributed by atoms with Gasteiger partial charge in [-0.3, -0.25) is 0 Å². The van der Waals surface area contributed by atoms with Crippen LogP contribution in [0.4, 0.5) is 5.69 Å². The second-order valence-electron chi connectivity index (χ2n) is 3.76. The molecule has 2 heteroatoms. The van der Waals surface area contributed by atoms with E-state index in [9.17, 15) is 5.11 Å². The first kappa shape index (κ1) is 9.90. The zero-order chi connectivity index (χ0) is 10.0. The van der Waals surface area contributed by atoms with E-state index in [4.69, 9.17) is 0 Å². The van der Waals surface area contributed by atoms with Crippen molar-refractivity contribution in [3.05, 3.63) is 23.8 Å². The quantitative estimate of drug-likeness (QED) is 0.754. The van der Waals surface area contributed by atoms with Crippen molar-refractivity contribution in [1.82, 2.24) is 0 Å². The minimum Gasteiger partial charge on any atom is -0.508 e. The number of phenolic OH excluding ortho intramolecular Hbond substituents is 1. The smallest absolute Gasteiger partial charge is 0.121 e. The second kappa shape index (κ2) is 3.69. The lowest BCUT2D eigenvalue weighted by molar-refractivity contribution is 0.465. The van der Waals surface area contributed by atoms with Crippen molar-refractivity contribution >= 4 is 5.69 Å². The number of hydrogen-bond acceptors (Lipinski definition) is 2. The monoisotopic (exact) mass is 179 g/mol. The Hall–Kier alpha value is -1.18. The van der Waals surface area contributed by atoms with Gasteiger partial charge in [-0.1, -0.05) is 19.9 Å². The highest BCUT2D eigenvalue weighted by atomic mass is 16.3. The summed E-state index contributed by atoms with van der Waals surface area (Å²) in [4.78, 5) is 2.02. The average Bonchev–Trinajstić information content (AvgIpc) is 2.02. The van der Waals surface area contributed by atoms with E-state index >= 15 is 0 Å². The van der Waals surface area contributed by atoms with E-state index in [1.165, 1.54) is 0 Å². The standard InChI is InChI=1S/C11H17NO/c1-8(2)11-9(12(3)4)6-5-7-10(11)13/h5-8,13H,1-4H3. The molecule has 0 saturated carbocycles. The highest BCUT2D eigenvalue weighted by molar-refractivity contribution is 5.59. The first-order valence-electron chi connectivity index (χ1n) is 4.53. The van der Waals surface area contributed by atoms with Crippen molar-refractivity contribution in [2.75, 3.05) is 19.0 Å². The molecule has 0 aromatic heterocycles. The zero-order valence-electron chi connectivity index (χ0n) is 8.70. The van der Waals surface area contributed by atoms with E-state index in [0.29, 0.717) is 11.7 Å². The summed E-state index contributed by atoms with van der Waals surface area (Å²) < 4.78 is 0. The summed E-state index contributed by atoms with van der Waals surface area (Å²) in [6, 6.07) is 5.63. The Morgan fingerprint density at radius 2 is 1.85 bits per heavy atom. The first-order chi connectivity index (χ1) is 6.04. The third kappa shape index (κ3) is 1.94. The van der Waals surface area contributed by atoms with Crippen molar-refractivity contribution in [3.8, 4) is 5.75 Å². The number of aromatic hydroxyl groups is 1. The van der Waals surface area contributed by atoms with Crippen LogP contribution in [-0.4, -0.2) is 19.2 Å². The maximum Gasteiger partial charge on any atom is 0.121 e. The molecule has 0 atom stereocenters. The first-order valence-corrected chi connectivity index (χ1v) is 4.53. The molecule has 13 heavy (non-hydrogen) atoms. The van der Waals surface area contributed by atoms with Gasteiger partial charge in [-0.2, -0.15) is 0 Å². The highest BCUT2D eigenvalue weighted by Crippen LogP contribution is 2.33. The molecule has 72 valence electrons. The maximum absolute atomic E-state index is 9.68.